The summed E-state index contributed by atoms with van der Waals surface area (Å²) >= 11 is 6.70. The van der Waals surface area contributed by atoms with Crippen LogP contribution in [-0.2, 0) is 0 Å². The van der Waals surface area contributed by atoms with E-state index in [1.807, 2.05) is 12.2 Å². The number of hydrogen-bond acceptors (Lipinski definition) is 4. The minimum absolute atomic E-state index is 0.210. The lowest BCUT2D eigenvalue weighted by molar-refractivity contribution is 0.313. The smallest absolute Gasteiger partial charge is 0.0911 e. The monoisotopic (exact) mass is 378 g/mol. The molecular formula is C22H23ClN4. The van der Waals surface area contributed by atoms with Crippen molar-refractivity contribution in [3.63, 3.8) is 0 Å². The second-order valence-corrected chi connectivity index (χ2v) is 8.15. The first kappa shape index (κ1) is 17.0. The van der Waals surface area contributed by atoms with Crippen LogP contribution in [0.1, 0.15) is 6.42 Å². The average molecular weight is 379 g/mol. The second kappa shape index (κ2) is 6.47. The Morgan fingerprint density at radius 2 is 1.93 bits per heavy atom. The third kappa shape index (κ3) is 2.79. The molecule has 138 valence electrons. The van der Waals surface area contributed by atoms with Crippen molar-refractivity contribution in [3.8, 4) is 0 Å². The summed E-state index contributed by atoms with van der Waals surface area (Å²) in [6, 6.07) is 6.46. The predicted molar refractivity (Wildman–Crippen MR) is 114 cm³/mol. The van der Waals surface area contributed by atoms with Crippen molar-refractivity contribution in [2.45, 2.75) is 11.8 Å². The molecule has 2 aliphatic heterocycles. The number of hydrogen-bond donors (Lipinski definition) is 0. The molecule has 0 N–H and O–H groups in total. The highest BCUT2D eigenvalue weighted by Crippen LogP contribution is 2.45. The highest BCUT2D eigenvalue weighted by molar-refractivity contribution is 6.39. The van der Waals surface area contributed by atoms with E-state index in [0.717, 1.165) is 55.4 Å². The number of alkyl halides is 1. The average Bonchev–Trinajstić information content (AvgIpc) is 2.83. The van der Waals surface area contributed by atoms with Crippen molar-refractivity contribution in [3.05, 3.63) is 54.7 Å². The van der Waals surface area contributed by atoms with E-state index in [9.17, 15) is 0 Å². The highest BCUT2D eigenvalue weighted by Gasteiger charge is 2.43. The Labute approximate surface area is 165 Å². The Morgan fingerprint density at radius 3 is 2.78 bits per heavy atom. The van der Waals surface area contributed by atoms with Gasteiger partial charge in [-0.1, -0.05) is 30.4 Å². The summed E-state index contributed by atoms with van der Waals surface area (Å²) in [5.74, 6) is 0. The first-order valence-electron chi connectivity index (χ1n) is 9.58. The normalized spacial score (nSPS) is 29.4. The van der Waals surface area contributed by atoms with E-state index in [-0.39, 0.29) is 10.8 Å². The molecule has 2 atom stereocenters. The van der Waals surface area contributed by atoms with E-state index in [0.29, 0.717) is 0 Å². The first-order chi connectivity index (χ1) is 13.2. The Kier molecular flexibility index (Phi) is 4.06. The fourth-order valence-corrected chi connectivity index (χ4v) is 4.67. The third-order valence-corrected chi connectivity index (χ3v) is 6.33. The van der Waals surface area contributed by atoms with Gasteiger partial charge in [0.1, 0.15) is 0 Å². The van der Waals surface area contributed by atoms with Gasteiger partial charge in [-0.05, 0) is 37.7 Å². The fourth-order valence-electron chi connectivity index (χ4n) is 4.32. The predicted octanol–water partition coefficient (Wildman–Crippen LogP) is 4.28. The minimum Gasteiger partial charge on any atom is -0.369 e. The number of halogens is 1. The van der Waals surface area contributed by atoms with E-state index < -0.39 is 0 Å². The summed E-state index contributed by atoms with van der Waals surface area (Å²) < 4.78 is 0. The molecule has 2 unspecified atom stereocenters. The van der Waals surface area contributed by atoms with E-state index in [1.54, 1.807) is 0 Å². The Balaban J connectivity index is 1.61. The topological polar surface area (TPSA) is 31.2 Å². The number of benzene rings is 1. The minimum atomic E-state index is -0.317. The van der Waals surface area contributed by atoms with Gasteiger partial charge in [-0.25, -0.2) is 4.99 Å². The molecule has 0 saturated carbocycles. The molecule has 1 spiro atoms. The van der Waals surface area contributed by atoms with E-state index in [4.69, 9.17) is 21.6 Å². The zero-order chi connectivity index (χ0) is 18.4. The van der Waals surface area contributed by atoms with Gasteiger partial charge in [0.05, 0.1) is 33.6 Å². The zero-order valence-corrected chi connectivity index (χ0v) is 16.2. The summed E-state index contributed by atoms with van der Waals surface area (Å²) in [4.78, 5) is 14.9. The van der Waals surface area contributed by atoms with Crippen molar-refractivity contribution in [2.24, 2.45) is 15.4 Å². The molecule has 4 nitrogen and oxygen atoms in total. The number of nitrogens with zero attached hydrogens (tertiary/aromatic N) is 4. The summed E-state index contributed by atoms with van der Waals surface area (Å²) in [6.07, 6.45) is 13.5. The van der Waals surface area contributed by atoms with Crippen LogP contribution in [0.25, 0.3) is 0 Å². The molecule has 5 heteroatoms. The molecule has 1 fully saturated rings. The van der Waals surface area contributed by atoms with E-state index in [1.165, 1.54) is 5.69 Å². The van der Waals surface area contributed by atoms with Gasteiger partial charge in [-0.3, -0.25) is 4.99 Å². The van der Waals surface area contributed by atoms with Crippen molar-refractivity contribution in [2.75, 3.05) is 38.1 Å². The van der Waals surface area contributed by atoms with Gasteiger partial charge in [-0.15, -0.1) is 11.6 Å². The summed E-state index contributed by atoms with van der Waals surface area (Å²) in [5, 5.41) is -0.210. The SMILES string of the molecule is CN1CCN(c2ccc3c(c2)N=C2C(Cl)C=CCC24C=CC=CC4=N3)CC1. The Morgan fingerprint density at radius 1 is 1.07 bits per heavy atom. The summed E-state index contributed by atoms with van der Waals surface area (Å²) in [5.41, 5.74) is 4.76. The lowest BCUT2D eigenvalue weighted by atomic mass is 9.69. The molecule has 0 amide bonds. The molecule has 5 rings (SSSR count). The van der Waals surface area contributed by atoms with Gasteiger partial charge >= 0.3 is 0 Å². The number of rotatable bonds is 1. The number of piperazine rings is 1. The standard InChI is InChI=1S/C22H23ClN4/c1-26-11-13-27(14-12-26)16-7-8-18-19(15-16)25-21-17(23)5-4-10-22(21)9-3-2-6-20(22)24-18/h2-9,15,17H,10-14H2,1H3. The number of likely N-dealkylation sites (N-methyl/N-ethyl adjacent to an activating group) is 1. The first-order valence-corrected chi connectivity index (χ1v) is 10.0. The van der Waals surface area contributed by atoms with Crippen LogP contribution >= 0.6 is 11.6 Å². The Hall–Kier alpha value is -2.17. The van der Waals surface area contributed by atoms with Crippen LogP contribution in [0.15, 0.2) is 64.6 Å². The van der Waals surface area contributed by atoms with Crippen LogP contribution in [0.4, 0.5) is 17.1 Å². The quantitative estimate of drug-likeness (QED) is 0.539. The highest BCUT2D eigenvalue weighted by atomic mass is 35.5. The maximum Gasteiger partial charge on any atom is 0.0911 e. The third-order valence-electron chi connectivity index (χ3n) is 5.98. The van der Waals surface area contributed by atoms with Gasteiger partial charge in [0.15, 0.2) is 0 Å². The van der Waals surface area contributed by atoms with Crippen LogP contribution < -0.4 is 4.90 Å². The molecule has 1 aromatic carbocycles. The second-order valence-electron chi connectivity index (χ2n) is 7.68. The van der Waals surface area contributed by atoms with Crippen LogP contribution in [0, 0.1) is 5.41 Å². The zero-order valence-electron chi connectivity index (χ0n) is 15.5. The van der Waals surface area contributed by atoms with Crippen molar-refractivity contribution in [1.82, 2.24) is 4.90 Å². The van der Waals surface area contributed by atoms with Crippen molar-refractivity contribution < 1.29 is 0 Å². The van der Waals surface area contributed by atoms with Gasteiger partial charge in [0, 0.05) is 31.9 Å². The van der Waals surface area contributed by atoms with Gasteiger partial charge in [-0.2, -0.15) is 0 Å². The molecule has 0 radical (unpaired) electrons. The lowest BCUT2D eigenvalue weighted by Crippen LogP contribution is -2.44. The molecule has 0 bridgehead atoms. The van der Waals surface area contributed by atoms with Crippen LogP contribution in [-0.4, -0.2) is 54.9 Å². The molecule has 1 saturated heterocycles. The van der Waals surface area contributed by atoms with Crippen LogP contribution in [0.3, 0.4) is 0 Å². The fraction of sp³-hybridized carbons (Fsp3) is 0.364. The maximum absolute atomic E-state index is 6.70. The van der Waals surface area contributed by atoms with Gasteiger partial charge < -0.3 is 9.80 Å². The number of fused-ring (bicyclic) bond motifs is 1. The van der Waals surface area contributed by atoms with Crippen molar-refractivity contribution >= 4 is 40.1 Å². The van der Waals surface area contributed by atoms with Crippen molar-refractivity contribution in [1.29, 1.82) is 0 Å². The maximum atomic E-state index is 6.70. The number of aliphatic imine (C=N–C) groups is 2. The van der Waals surface area contributed by atoms with Crippen LogP contribution in [0.5, 0.6) is 0 Å². The molecule has 4 aliphatic rings. The molecule has 0 aromatic heterocycles. The lowest BCUT2D eigenvalue weighted by Gasteiger charge is -2.36. The molecule has 27 heavy (non-hydrogen) atoms. The van der Waals surface area contributed by atoms with E-state index in [2.05, 4.69) is 59.4 Å². The summed E-state index contributed by atoms with van der Waals surface area (Å²) in [7, 11) is 2.18. The van der Waals surface area contributed by atoms with Gasteiger partial charge in [0.2, 0.25) is 0 Å². The number of allylic oxidation sites excluding steroid dienone is 6. The molecule has 2 aliphatic carbocycles. The summed E-state index contributed by atoms with van der Waals surface area (Å²) in [6.45, 7) is 4.25. The van der Waals surface area contributed by atoms with Gasteiger partial charge in [0.25, 0.3) is 0 Å². The number of anilines is 1. The molecule has 1 aromatic rings. The molecular weight excluding hydrogens is 356 g/mol. The molecule has 2 heterocycles. The van der Waals surface area contributed by atoms with E-state index >= 15 is 0 Å². The van der Waals surface area contributed by atoms with Crippen LogP contribution in [0.2, 0.25) is 0 Å². The Bertz CT molecular complexity index is 918. The largest absolute Gasteiger partial charge is 0.369 e.